The molecule has 0 saturated carbocycles. The van der Waals surface area contributed by atoms with Crippen molar-refractivity contribution in [3.8, 4) is 11.5 Å². The number of carbonyl (C=O) groups excluding carboxylic acids is 3. The van der Waals surface area contributed by atoms with Crippen LogP contribution in [0.3, 0.4) is 0 Å². The summed E-state index contributed by atoms with van der Waals surface area (Å²) in [6.45, 7) is 3.45. The Morgan fingerprint density at radius 2 is 1.91 bits per heavy atom. The molecule has 1 heterocycles. The van der Waals surface area contributed by atoms with E-state index in [1.54, 1.807) is 37.3 Å². The van der Waals surface area contributed by atoms with Crippen molar-refractivity contribution in [1.29, 1.82) is 0 Å². The quantitative estimate of drug-likeness (QED) is 0.339. The molecule has 1 saturated heterocycles. The Kier molecular flexibility index (Phi) is 8.15. The Morgan fingerprint density at radius 1 is 1.21 bits per heavy atom. The topological polar surface area (TPSA) is 82.1 Å². The van der Waals surface area contributed by atoms with E-state index >= 15 is 0 Å². The number of carbonyl (C=O) groups is 3. The zero-order chi connectivity index (χ0) is 24.1. The number of esters is 1. The summed E-state index contributed by atoms with van der Waals surface area (Å²) in [5.41, 5.74) is 1.36. The van der Waals surface area contributed by atoms with Gasteiger partial charge in [-0.25, -0.2) is 9.18 Å². The van der Waals surface area contributed by atoms with Gasteiger partial charge in [-0.05, 0) is 67.1 Å². The third-order valence-electron chi connectivity index (χ3n) is 4.72. The average Bonchev–Trinajstić information content (AvgIpc) is 3.07. The maximum atomic E-state index is 13.1. The van der Waals surface area contributed by atoms with Crippen molar-refractivity contribution in [2.45, 2.75) is 26.5 Å². The highest BCUT2D eigenvalue weighted by Gasteiger charge is 2.41. The van der Waals surface area contributed by atoms with E-state index in [1.807, 2.05) is 0 Å². The third kappa shape index (κ3) is 5.75. The molecule has 2 aromatic rings. The number of imide groups is 1. The SMILES string of the molecule is CCOC(=O)[C@@H](C)N1C(=O)S/C(=C/c2cc(OC)c(OCc3ccc(F)cc3)cc2Br)C1=O. The first kappa shape index (κ1) is 24.8. The summed E-state index contributed by atoms with van der Waals surface area (Å²) in [5.74, 6) is -0.704. The molecule has 10 heteroatoms. The highest BCUT2D eigenvalue weighted by Crippen LogP contribution is 2.38. The van der Waals surface area contributed by atoms with Crippen molar-refractivity contribution in [3.63, 3.8) is 0 Å². The number of benzene rings is 2. The predicted octanol–water partition coefficient (Wildman–Crippen LogP) is 5.16. The fourth-order valence-corrected chi connectivity index (χ4v) is 4.33. The number of nitrogens with zero attached hydrogens (tertiary/aromatic N) is 1. The van der Waals surface area contributed by atoms with Crippen LogP contribution in [-0.4, -0.2) is 41.8 Å². The van der Waals surface area contributed by atoms with Crippen LogP contribution in [-0.2, 0) is 20.9 Å². The van der Waals surface area contributed by atoms with Crippen molar-refractivity contribution < 1.29 is 33.0 Å². The third-order valence-corrected chi connectivity index (χ3v) is 6.29. The lowest BCUT2D eigenvalue weighted by molar-refractivity contribution is -0.150. The molecule has 0 aromatic heterocycles. The van der Waals surface area contributed by atoms with Gasteiger partial charge in [0.15, 0.2) is 11.5 Å². The molecule has 33 heavy (non-hydrogen) atoms. The highest BCUT2D eigenvalue weighted by molar-refractivity contribution is 9.10. The second-order valence-electron chi connectivity index (χ2n) is 6.92. The molecule has 2 aromatic carbocycles. The van der Waals surface area contributed by atoms with E-state index < -0.39 is 23.2 Å². The van der Waals surface area contributed by atoms with Crippen LogP contribution in [0.1, 0.15) is 25.0 Å². The number of rotatable bonds is 8. The first-order chi connectivity index (χ1) is 15.7. The van der Waals surface area contributed by atoms with E-state index in [9.17, 15) is 18.8 Å². The molecular weight excluding hydrogens is 517 g/mol. The van der Waals surface area contributed by atoms with Crippen LogP contribution in [0.4, 0.5) is 9.18 Å². The Labute approximate surface area is 203 Å². The molecule has 1 aliphatic rings. The zero-order valence-corrected chi connectivity index (χ0v) is 20.5. The minimum absolute atomic E-state index is 0.150. The Hall–Kier alpha value is -2.85. The zero-order valence-electron chi connectivity index (χ0n) is 18.1. The van der Waals surface area contributed by atoms with Crippen LogP contribution in [0.2, 0.25) is 0 Å². The van der Waals surface area contributed by atoms with Gasteiger partial charge in [0.25, 0.3) is 11.1 Å². The summed E-state index contributed by atoms with van der Waals surface area (Å²) >= 11 is 4.20. The summed E-state index contributed by atoms with van der Waals surface area (Å²) in [6.07, 6.45) is 1.54. The van der Waals surface area contributed by atoms with Gasteiger partial charge in [-0.3, -0.25) is 14.5 Å². The number of hydrogen-bond donors (Lipinski definition) is 0. The summed E-state index contributed by atoms with van der Waals surface area (Å²) in [4.78, 5) is 38.2. The van der Waals surface area contributed by atoms with Gasteiger partial charge < -0.3 is 14.2 Å². The second-order valence-corrected chi connectivity index (χ2v) is 8.77. The maximum absolute atomic E-state index is 13.1. The minimum atomic E-state index is -1.02. The molecule has 0 spiro atoms. The van der Waals surface area contributed by atoms with E-state index in [2.05, 4.69) is 15.9 Å². The molecule has 7 nitrogen and oxygen atoms in total. The van der Waals surface area contributed by atoms with E-state index in [0.717, 1.165) is 22.2 Å². The van der Waals surface area contributed by atoms with Crippen LogP contribution < -0.4 is 9.47 Å². The predicted molar refractivity (Wildman–Crippen MR) is 125 cm³/mol. The van der Waals surface area contributed by atoms with Crippen LogP contribution in [0.25, 0.3) is 6.08 Å². The van der Waals surface area contributed by atoms with Gasteiger partial charge in [-0.2, -0.15) is 0 Å². The van der Waals surface area contributed by atoms with E-state index in [1.165, 1.54) is 26.2 Å². The highest BCUT2D eigenvalue weighted by atomic mass is 79.9. The fraction of sp³-hybridized carbons (Fsp3) is 0.261. The van der Waals surface area contributed by atoms with Gasteiger partial charge >= 0.3 is 5.97 Å². The number of hydrogen-bond acceptors (Lipinski definition) is 7. The van der Waals surface area contributed by atoms with Crippen LogP contribution in [0.5, 0.6) is 11.5 Å². The van der Waals surface area contributed by atoms with Crippen LogP contribution >= 0.6 is 27.7 Å². The monoisotopic (exact) mass is 537 g/mol. The van der Waals surface area contributed by atoms with E-state index in [4.69, 9.17) is 14.2 Å². The summed E-state index contributed by atoms with van der Waals surface area (Å²) in [5, 5.41) is -0.547. The number of methoxy groups -OCH3 is 1. The average molecular weight is 538 g/mol. The number of ether oxygens (including phenoxy) is 3. The lowest BCUT2D eigenvalue weighted by atomic mass is 10.1. The van der Waals surface area contributed by atoms with Crippen molar-refractivity contribution >= 4 is 50.9 Å². The lowest BCUT2D eigenvalue weighted by Crippen LogP contribution is -2.42. The molecule has 1 fully saturated rings. The van der Waals surface area contributed by atoms with Gasteiger partial charge in [0.2, 0.25) is 0 Å². The standard InChI is InChI=1S/C23H21BrFNO6S/c1-4-31-22(28)13(2)26-21(27)20(33-23(26)29)10-15-9-18(30-3)19(11-17(15)24)32-12-14-5-7-16(25)8-6-14/h5-11,13H,4,12H2,1-3H3/b20-10+/t13-/m1/s1. The van der Waals surface area contributed by atoms with Crippen molar-refractivity contribution in [2.24, 2.45) is 0 Å². The van der Waals surface area contributed by atoms with E-state index in [-0.39, 0.29) is 23.9 Å². The molecule has 3 rings (SSSR count). The number of halogens is 2. The van der Waals surface area contributed by atoms with Crippen molar-refractivity contribution in [3.05, 3.63) is 62.7 Å². The molecule has 2 amide bonds. The number of thioether (sulfide) groups is 1. The van der Waals surface area contributed by atoms with E-state index in [0.29, 0.717) is 21.5 Å². The second kappa shape index (κ2) is 10.8. The fourth-order valence-electron chi connectivity index (χ4n) is 3.00. The first-order valence-corrected chi connectivity index (χ1v) is 11.5. The van der Waals surface area contributed by atoms with Gasteiger partial charge in [-0.15, -0.1) is 0 Å². The molecule has 0 aliphatic carbocycles. The molecule has 174 valence electrons. The van der Waals surface area contributed by atoms with Crippen molar-refractivity contribution in [2.75, 3.05) is 13.7 Å². The first-order valence-electron chi connectivity index (χ1n) is 9.93. The minimum Gasteiger partial charge on any atom is -0.493 e. The largest absolute Gasteiger partial charge is 0.493 e. The molecule has 1 atom stereocenters. The Bertz CT molecular complexity index is 1100. The smallest absolute Gasteiger partial charge is 0.329 e. The van der Waals surface area contributed by atoms with Gasteiger partial charge in [0.05, 0.1) is 18.6 Å². The van der Waals surface area contributed by atoms with Gasteiger partial charge in [0, 0.05) is 4.47 Å². The molecule has 1 aliphatic heterocycles. The molecule has 0 unspecified atom stereocenters. The molecule has 0 bridgehead atoms. The number of amides is 2. The molecule has 0 N–H and O–H groups in total. The van der Waals surface area contributed by atoms with Gasteiger partial charge in [-0.1, -0.05) is 28.1 Å². The summed E-state index contributed by atoms with van der Waals surface area (Å²) < 4.78 is 29.8. The van der Waals surface area contributed by atoms with Crippen LogP contribution in [0.15, 0.2) is 45.8 Å². The van der Waals surface area contributed by atoms with Gasteiger partial charge in [0.1, 0.15) is 18.5 Å². The normalized spacial score (nSPS) is 15.7. The lowest BCUT2D eigenvalue weighted by Gasteiger charge is -2.19. The summed E-state index contributed by atoms with van der Waals surface area (Å²) in [7, 11) is 1.48. The van der Waals surface area contributed by atoms with Crippen molar-refractivity contribution in [1.82, 2.24) is 4.90 Å². The molecule has 0 radical (unpaired) electrons. The molecular formula is C23H21BrFNO6S. The Balaban J connectivity index is 1.81. The maximum Gasteiger partial charge on any atom is 0.329 e. The van der Waals surface area contributed by atoms with Crippen LogP contribution in [0, 0.1) is 5.82 Å². The Morgan fingerprint density at radius 3 is 2.55 bits per heavy atom. The summed E-state index contributed by atoms with van der Waals surface area (Å²) in [6, 6.07) is 8.27.